The van der Waals surface area contributed by atoms with Crippen molar-refractivity contribution in [2.75, 3.05) is 12.3 Å². The van der Waals surface area contributed by atoms with Crippen LogP contribution >= 0.6 is 34.9 Å². The molecular formula is C11H10ClN3O2S2. The number of hydrogen-bond acceptors (Lipinski definition) is 7. The second kappa shape index (κ2) is 6.23. The van der Waals surface area contributed by atoms with Gasteiger partial charge in [-0.1, -0.05) is 23.4 Å². The smallest absolute Gasteiger partial charge is 0.339 e. The van der Waals surface area contributed by atoms with Crippen molar-refractivity contribution < 1.29 is 9.53 Å². The number of carbonyl (C=O) groups is 1. The van der Waals surface area contributed by atoms with Gasteiger partial charge >= 0.3 is 5.97 Å². The van der Waals surface area contributed by atoms with Gasteiger partial charge in [-0.15, -0.1) is 0 Å². The lowest BCUT2D eigenvalue weighted by Gasteiger charge is -2.10. The van der Waals surface area contributed by atoms with Gasteiger partial charge in [0.1, 0.15) is 6.33 Å². The van der Waals surface area contributed by atoms with Crippen LogP contribution < -0.4 is 5.73 Å². The molecule has 0 aliphatic carbocycles. The van der Waals surface area contributed by atoms with E-state index in [4.69, 9.17) is 22.1 Å². The molecule has 2 N–H and O–H groups in total. The van der Waals surface area contributed by atoms with Crippen LogP contribution in [-0.4, -0.2) is 21.9 Å². The first-order valence-electron chi connectivity index (χ1n) is 5.32. The number of nitrogens with zero attached hydrogens (tertiary/aromatic N) is 2. The minimum Gasteiger partial charge on any atom is -0.462 e. The molecule has 0 radical (unpaired) electrons. The first-order chi connectivity index (χ1) is 9.11. The van der Waals surface area contributed by atoms with Crippen molar-refractivity contribution in [3.05, 3.63) is 29.0 Å². The third-order valence-electron chi connectivity index (χ3n) is 2.09. The van der Waals surface area contributed by atoms with Gasteiger partial charge in [0, 0.05) is 10.6 Å². The molecular weight excluding hydrogens is 306 g/mol. The van der Waals surface area contributed by atoms with Crippen LogP contribution in [-0.2, 0) is 4.74 Å². The molecule has 2 rings (SSSR count). The molecule has 0 aliphatic heterocycles. The van der Waals surface area contributed by atoms with Crippen LogP contribution in [0.3, 0.4) is 0 Å². The highest BCUT2D eigenvalue weighted by atomic mass is 35.5. The zero-order valence-electron chi connectivity index (χ0n) is 9.92. The highest BCUT2D eigenvalue weighted by Crippen LogP contribution is 2.38. The Morgan fingerprint density at radius 1 is 1.58 bits per heavy atom. The number of ether oxygens (including phenoxy) is 1. The van der Waals surface area contributed by atoms with Crippen molar-refractivity contribution in [3.63, 3.8) is 0 Å². The number of aromatic nitrogens is 2. The Kier molecular flexibility index (Phi) is 4.62. The fourth-order valence-electron chi connectivity index (χ4n) is 1.37. The molecule has 100 valence electrons. The van der Waals surface area contributed by atoms with E-state index in [9.17, 15) is 4.79 Å². The molecule has 0 fully saturated rings. The summed E-state index contributed by atoms with van der Waals surface area (Å²) in [6, 6.07) is 3.14. The summed E-state index contributed by atoms with van der Waals surface area (Å²) in [5, 5.41) is 0.392. The summed E-state index contributed by atoms with van der Waals surface area (Å²) in [4.78, 5) is 16.5. The lowest BCUT2D eigenvalue weighted by molar-refractivity contribution is 0.0522. The Morgan fingerprint density at radius 2 is 2.37 bits per heavy atom. The average molecular weight is 316 g/mol. The maximum atomic E-state index is 11.9. The number of benzene rings is 1. The maximum absolute atomic E-state index is 11.9. The number of nitrogens with two attached hydrogens (primary N) is 1. The summed E-state index contributed by atoms with van der Waals surface area (Å²) in [5.41, 5.74) is 6.46. The van der Waals surface area contributed by atoms with Gasteiger partial charge in [-0.3, -0.25) is 0 Å². The Hall–Kier alpha value is -1.31. The third-order valence-corrected chi connectivity index (χ3v) is 4.36. The zero-order valence-corrected chi connectivity index (χ0v) is 12.3. The summed E-state index contributed by atoms with van der Waals surface area (Å²) >= 11 is 8.63. The Morgan fingerprint density at radius 3 is 3.00 bits per heavy atom. The minimum absolute atomic E-state index is 0.286. The van der Waals surface area contributed by atoms with E-state index in [-0.39, 0.29) is 6.61 Å². The van der Waals surface area contributed by atoms with E-state index in [1.165, 1.54) is 29.6 Å². The van der Waals surface area contributed by atoms with Gasteiger partial charge in [0.2, 0.25) is 0 Å². The van der Waals surface area contributed by atoms with E-state index in [1.54, 1.807) is 19.1 Å². The van der Waals surface area contributed by atoms with Gasteiger partial charge in [0.15, 0.2) is 4.34 Å². The molecule has 0 saturated carbocycles. The summed E-state index contributed by atoms with van der Waals surface area (Å²) in [7, 11) is 0. The molecule has 5 nitrogen and oxygen atoms in total. The molecule has 0 bridgehead atoms. The second-order valence-corrected chi connectivity index (χ2v) is 5.85. The summed E-state index contributed by atoms with van der Waals surface area (Å²) < 4.78 is 9.59. The van der Waals surface area contributed by atoms with Gasteiger partial charge in [-0.2, -0.15) is 4.37 Å². The van der Waals surface area contributed by atoms with Crippen molar-refractivity contribution in [2.24, 2.45) is 0 Å². The maximum Gasteiger partial charge on any atom is 0.339 e. The minimum atomic E-state index is -0.455. The molecule has 1 aromatic carbocycles. The van der Waals surface area contributed by atoms with Crippen molar-refractivity contribution in [1.82, 2.24) is 9.36 Å². The van der Waals surface area contributed by atoms with Crippen LogP contribution in [0.4, 0.5) is 5.69 Å². The second-order valence-electron chi connectivity index (χ2n) is 3.41. The largest absolute Gasteiger partial charge is 0.462 e. The molecule has 0 aliphatic rings. The number of rotatable bonds is 4. The predicted molar refractivity (Wildman–Crippen MR) is 75.9 cm³/mol. The first-order valence-corrected chi connectivity index (χ1v) is 7.29. The van der Waals surface area contributed by atoms with Gasteiger partial charge in [0.05, 0.1) is 17.2 Å². The fourth-order valence-corrected chi connectivity index (χ4v) is 3.21. The molecule has 1 heterocycles. The number of nitrogen functional groups attached to an aromatic ring is 1. The Labute approximate surface area is 123 Å². The summed E-state index contributed by atoms with van der Waals surface area (Å²) in [5.74, 6) is -0.455. The predicted octanol–water partition coefficient (Wildman–Crippen LogP) is 3.10. The van der Waals surface area contributed by atoms with Gasteiger partial charge in [-0.05, 0) is 30.6 Å². The number of esters is 1. The standard InChI is InChI=1S/C11H10ClN3O2S2/c1-2-17-10(16)7-3-6(13)4-8(12)9(7)18-11-14-5-15-19-11/h3-5H,2,13H2,1H3. The van der Waals surface area contributed by atoms with Crippen LogP contribution in [0.5, 0.6) is 0 Å². The normalized spacial score (nSPS) is 10.4. The summed E-state index contributed by atoms with van der Waals surface area (Å²) in [6.45, 7) is 2.03. The highest BCUT2D eigenvalue weighted by molar-refractivity contribution is 8.01. The molecule has 0 spiro atoms. The monoisotopic (exact) mass is 315 g/mol. The average Bonchev–Trinajstić information content (AvgIpc) is 2.85. The molecule has 0 saturated heterocycles. The van der Waals surface area contributed by atoms with Gasteiger partial charge in [0.25, 0.3) is 0 Å². The van der Waals surface area contributed by atoms with E-state index in [0.29, 0.717) is 25.5 Å². The van der Waals surface area contributed by atoms with E-state index in [2.05, 4.69) is 9.36 Å². The molecule has 2 aromatic rings. The molecule has 8 heteroatoms. The molecule has 0 amide bonds. The molecule has 19 heavy (non-hydrogen) atoms. The van der Waals surface area contributed by atoms with E-state index in [1.807, 2.05) is 0 Å². The van der Waals surface area contributed by atoms with Crippen LogP contribution in [0.1, 0.15) is 17.3 Å². The SMILES string of the molecule is CCOC(=O)c1cc(N)cc(Cl)c1Sc1ncns1. The van der Waals surface area contributed by atoms with Gasteiger partial charge < -0.3 is 10.5 Å². The first kappa shape index (κ1) is 14.1. The van der Waals surface area contributed by atoms with Crippen LogP contribution in [0, 0.1) is 0 Å². The van der Waals surface area contributed by atoms with Crippen molar-refractivity contribution in [1.29, 1.82) is 0 Å². The summed E-state index contributed by atoms with van der Waals surface area (Å²) in [6.07, 6.45) is 1.45. The topological polar surface area (TPSA) is 78.1 Å². The molecule has 0 atom stereocenters. The van der Waals surface area contributed by atoms with Crippen LogP contribution in [0.15, 0.2) is 27.7 Å². The van der Waals surface area contributed by atoms with E-state index >= 15 is 0 Å². The van der Waals surface area contributed by atoms with Crippen molar-refractivity contribution in [2.45, 2.75) is 16.2 Å². The zero-order chi connectivity index (χ0) is 13.8. The third kappa shape index (κ3) is 3.37. The highest BCUT2D eigenvalue weighted by Gasteiger charge is 2.18. The molecule has 0 unspecified atom stereocenters. The van der Waals surface area contributed by atoms with E-state index in [0.717, 1.165) is 0 Å². The van der Waals surface area contributed by atoms with Crippen molar-refractivity contribution in [3.8, 4) is 0 Å². The molecule has 1 aromatic heterocycles. The van der Waals surface area contributed by atoms with Crippen LogP contribution in [0.25, 0.3) is 0 Å². The number of carbonyl (C=O) groups excluding carboxylic acids is 1. The lowest BCUT2D eigenvalue weighted by atomic mass is 10.2. The number of anilines is 1. The Bertz CT molecular complexity index is 590. The Balaban J connectivity index is 2.42. The van der Waals surface area contributed by atoms with Crippen molar-refractivity contribution >= 4 is 46.6 Å². The number of halogens is 1. The quantitative estimate of drug-likeness (QED) is 0.690. The van der Waals surface area contributed by atoms with Crippen LogP contribution in [0.2, 0.25) is 5.02 Å². The van der Waals surface area contributed by atoms with Gasteiger partial charge in [-0.25, -0.2) is 9.78 Å². The van der Waals surface area contributed by atoms with E-state index < -0.39 is 5.97 Å². The lowest BCUT2D eigenvalue weighted by Crippen LogP contribution is -2.07. The number of hydrogen-bond donors (Lipinski definition) is 1. The fraction of sp³-hybridized carbons (Fsp3) is 0.182.